The van der Waals surface area contributed by atoms with Gasteiger partial charge in [-0.2, -0.15) is 0 Å². The maximum Gasteiger partial charge on any atom is 0.337 e. The summed E-state index contributed by atoms with van der Waals surface area (Å²) in [5.74, 6) is -1.01. The molecule has 0 aliphatic carbocycles. The number of hydrogen-bond donors (Lipinski definition) is 1. The van der Waals surface area contributed by atoms with Gasteiger partial charge in [0.2, 0.25) is 0 Å². The van der Waals surface area contributed by atoms with Crippen molar-refractivity contribution in [1.82, 2.24) is 5.06 Å². The van der Waals surface area contributed by atoms with E-state index in [9.17, 15) is 4.79 Å². The van der Waals surface area contributed by atoms with E-state index >= 15 is 0 Å². The molecule has 4 nitrogen and oxygen atoms in total. The van der Waals surface area contributed by atoms with E-state index in [0.717, 1.165) is 5.56 Å². The van der Waals surface area contributed by atoms with Gasteiger partial charge in [0.25, 0.3) is 0 Å². The van der Waals surface area contributed by atoms with Crippen molar-refractivity contribution in [2.24, 2.45) is 0 Å². The van der Waals surface area contributed by atoms with Gasteiger partial charge in [-0.1, -0.05) is 29.3 Å². The second-order valence-electron chi connectivity index (χ2n) is 3.61. The van der Waals surface area contributed by atoms with Gasteiger partial charge in [0.15, 0.2) is 0 Å². The number of hydrogen-bond acceptors (Lipinski definition) is 3. The number of aliphatic carboxylic acids is 1. The summed E-state index contributed by atoms with van der Waals surface area (Å²) in [6.07, 6.45) is 4.09. The lowest BCUT2D eigenvalue weighted by Gasteiger charge is -2.22. The average molecular weight is 286 g/mol. The van der Waals surface area contributed by atoms with Crippen LogP contribution in [0.4, 0.5) is 0 Å². The Hall–Kier alpha value is -1.65. The third-order valence-electron chi connectivity index (χ3n) is 2.32. The van der Waals surface area contributed by atoms with Crippen LogP contribution in [0.3, 0.4) is 0 Å². The number of carboxylic acids is 1. The lowest BCUT2D eigenvalue weighted by atomic mass is 10.2. The maximum absolute atomic E-state index is 10.8. The van der Waals surface area contributed by atoms with Gasteiger partial charge in [-0.15, -0.1) is 0 Å². The molecule has 1 N–H and O–H groups in total. The Labute approximate surface area is 114 Å². The summed E-state index contributed by atoms with van der Waals surface area (Å²) < 4.78 is 0. The second kappa shape index (κ2) is 5.33. The van der Waals surface area contributed by atoms with Gasteiger partial charge < -0.3 is 9.94 Å². The lowest BCUT2D eigenvalue weighted by molar-refractivity contribution is -0.133. The van der Waals surface area contributed by atoms with E-state index in [1.807, 2.05) is 0 Å². The quantitative estimate of drug-likeness (QED) is 0.926. The van der Waals surface area contributed by atoms with E-state index in [1.54, 1.807) is 18.2 Å². The molecule has 0 amide bonds. The third kappa shape index (κ3) is 2.97. The standard InChI is InChI=1S/C12H9Cl2NO3/c13-10-2-1-8(11(14)5-10)6-15-7-9(12(16)17)3-4-18-15/h1-5,7H,6H2,(H,16,17). The van der Waals surface area contributed by atoms with Crippen molar-refractivity contribution < 1.29 is 14.7 Å². The summed E-state index contributed by atoms with van der Waals surface area (Å²) in [5, 5.41) is 11.3. The van der Waals surface area contributed by atoms with Crippen LogP contribution >= 0.6 is 23.2 Å². The summed E-state index contributed by atoms with van der Waals surface area (Å²) in [6.45, 7) is 0.330. The van der Waals surface area contributed by atoms with E-state index in [0.29, 0.717) is 16.6 Å². The minimum Gasteiger partial charge on any atom is -0.478 e. The first-order valence-corrected chi connectivity index (χ1v) is 5.81. The summed E-state index contributed by atoms with van der Waals surface area (Å²) >= 11 is 11.8. The largest absolute Gasteiger partial charge is 0.478 e. The first-order chi connectivity index (χ1) is 8.56. The van der Waals surface area contributed by atoms with Crippen LogP contribution in [0.5, 0.6) is 0 Å². The molecule has 1 aromatic rings. The fourth-order valence-electron chi connectivity index (χ4n) is 1.44. The van der Waals surface area contributed by atoms with Gasteiger partial charge in [0.1, 0.15) is 6.26 Å². The van der Waals surface area contributed by atoms with E-state index < -0.39 is 5.97 Å². The number of benzene rings is 1. The summed E-state index contributed by atoms with van der Waals surface area (Å²) in [4.78, 5) is 16.0. The van der Waals surface area contributed by atoms with E-state index in [1.165, 1.54) is 23.6 Å². The van der Waals surface area contributed by atoms with Crippen LogP contribution in [-0.4, -0.2) is 16.1 Å². The molecule has 1 aromatic carbocycles. The minimum absolute atomic E-state index is 0.145. The highest BCUT2D eigenvalue weighted by Crippen LogP contribution is 2.23. The molecule has 0 fully saturated rings. The van der Waals surface area contributed by atoms with Crippen LogP contribution in [0, 0.1) is 0 Å². The number of halogens is 2. The van der Waals surface area contributed by atoms with E-state index in [2.05, 4.69) is 0 Å². The zero-order chi connectivity index (χ0) is 13.1. The minimum atomic E-state index is -1.01. The molecule has 18 heavy (non-hydrogen) atoms. The van der Waals surface area contributed by atoms with Gasteiger partial charge in [-0.3, -0.25) is 0 Å². The van der Waals surface area contributed by atoms with Crippen LogP contribution in [0.15, 0.2) is 42.3 Å². The first kappa shape index (κ1) is 12.8. The number of carboxylic acid groups (broad SMARTS) is 1. The van der Waals surface area contributed by atoms with Crippen molar-refractivity contribution in [3.05, 3.63) is 57.9 Å². The smallest absolute Gasteiger partial charge is 0.337 e. The molecule has 2 rings (SSSR count). The van der Waals surface area contributed by atoms with Crippen molar-refractivity contribution in [1.29, 1.82) is 0 Å². The number of rotatable bonds is 3. The maximum atomic E-state index is 10.8. The highest BCUT2D eigenvalue weighted by Gasteiger charge is 2.13. The third-order valence-corrected chi connectivity index (χ3v) is 2.90. The number of hydroxylamine groups is 2. The molecule has 0 saturated heterocycles. The SMILES string of the molecule is O=C(O)C1=CN(Cc2ccc(Cl)cc2Cl)OC=C1. The molecule has 1 aliphatic rings. The molecule has 0 atom stereocenters. The molecule has 0 radical (unpaired) electrons. The van der Waals surface area contributed by atoms with Crippen molar-refractivity contribution in [2.45, 2.75) is 6.54 Å². The molecule has 94 valence electrons. The molecule has 1 heterocycles. The predicted octanol–water partition coefficient (Wildman–Crippen LogP) is 3.22. The Morgan fingerprint density at radius 1 is 1.39 bits per heavy atom. The molecular formula is C12H9Cl2NO3. The van der Waals surface area contributed by atoms with Crippen molar-refractivity contribution in [3.63, 3.8) is 0 Å². The van der Waals surface area contributed by atoms with Crippen molar-refractivity contribution in [2.75, 3.05) is 0 Å². The number of nitrogens with zero attached hydrogens (tertiary/aromatic N) is 1. The van der Waals surface area contributed by atoms with Gasteiger partial charge in [-0.05, 0) is 23.8 Å². The summed E-state index contributed by atoms with van der Waals surface area (Å²) in [6, 6.07) is 5.10. The van der Waals surface area contributed by atoms with Gasteiger partial charge in [0, 0.05) is 10.0 Å². The molecule has 0 saturated carbocycles. The van der Waals surface area contributed by atoms with Crippen LogP contribution in [0.1, 0.15) is 5.56 Å². The van der Waals surface area contributed by atoms with Crippen molar-refractivity contribution >= 4 is 29.2 Å². The highest BCUT2D eigenvalue weighted by molar-refractivity contribution is 6.35. The normalized spacial score (nSPS) is 14.1. The fourth-order valence-corrected chi connectivity index (χ4v) is 1.91. The Morgan fingerprint density at radius 2 is 2.17 bits per heavy atom. The molecule has 0 unspecified atom stereocenters. The van der Waals surface area contributed by atoms with Crippen LogP contribution in [0.25, 0.3) is 0 Å². The second-order valence-corrected chi connectivity index (χ2v) is 4.45. The molecule has 0 spiro atoms. The van der Waals surface area contributed by atoms with Crippen LogP contribution < -0.4 is 0 Å². The zero-order valence-electron chi connectivity index (χ0n) is 9.14. The highest BCUT2D eigenvalue weighted by atomic mass is 35.5. The molecule has 0 bridgehead atoms. The number of carbonyl (C=O) groups is 1. The molecular weight excluding hydrogens is 277 g/mol. The summed E-state index contributed by atoms with van der Waals surface area (Å²) in [7, 11) is 0. The topological polar surface area (TPSA) is 49.8 Å². The van der Waals surface area contributed by atoms with Gasteiger partial charge in [0.05, 0.1) is 18.3 Å². The monoisotopic (exact) mass is 285 g/mol. The first-order valence-electron chi connectivity index (χ1n) is 5.05. The molecule has 1 aliphatic heterocycles. The van der Waals surface area contributed by atoms with Crippen molar-refractivity contribution in [3.8, 4) is 0 Å². The van der Waals surface area contributed by atoms with Crippen LogP contribution in [-0.2, 0) is 16.2 Å². The Kier molecular flexibility index (Phi) is 3.79. The molecule has 0 aromatic heterocycles. The van der Waals surface area contributed by atoms with E-state index in [4.69, 9.17) is 33.1 Å². The van der Waals surface area contributed by atoms with E-state index in [-0.39, 0.29) is 5.57 Å². The zero-order valence-corrected chi connectivity index (χ0v) is 10.6. The predicted molar refractivity (Wildman–Crippen MR) is 67.9 cm³/mol. The Bertz CT molecular complexity index is 540. The molecule has 6 heteroatoms. The average Bonchev–Trinajstić information content (AvgIpc) is 2.33. The fraction of sp³-hybridized carbons (Fsp3) is 0.0833. The van der Waals surface area contributed by atoms with Gasteiger partial charge in [-0.25, -0.2) is 9.86 Å². The summed E-state index contributed by atoms with van der Waals surface area (Å²) in [5.41, 5.74) is 0.934. The van der Waals surface area contributed by atoms with Crippen LogP contribution in [0.2, 0.25) is 10.0 Å². The van der Waals surface area contributed by atoms with Gasteiger partial charge >= 0.3 is 5.97 Å². The Balaban J connectivity index is 2.15. The lowest BCUT2D eigenvalue weighted by Crippen LogP contribution is -2.19. The Morgan fingerprint density at radius 3 is 2.83 bits per heavy atom.